The van der Waals surface area contributed by atoms with Crippen LogP contribution in [0.4, 0.5) is 0 Å². The zero-order valence-electron chi connectivity index (χ0n) is 15.6. The van der Waals surface area contributed by atoms with Gasteiger partial charge in [0, 0.05) is 42.0 Å². The Labute approximate surface area is 163 Å². The average molecular weight is 377 g/mol. The van der Waals surface area contributed by atoms with Gasteiger partial charge in [-0.25, -0.2) is 0 Å². The monoisotopic (exact) mass is 377 g/mol. The number of carbonyl (C=O) groups excluding carboxylic acids is 1. The van der Waals surface area contributed by atoms with Gasteiger partial charge in [0.05, 0.1) is 31.9 Å². The average Bonchev–Trinajstić information content (AvgIpc) is 3.32. The Morgan fingerprint density at radius 3 is 2.93 bits per heavy atom. The van der Waals surface area contributed by atoms with E-state index in [1.54, 1.807) is 12.4 Å². The lowest BCUT2D eigenvalue weighted by Crippen LogP contribution is -2.66. The molecule has 1 atom stereocenters. The second-order valence-corrected chi connectivity index (χ2v) is 7.68. The number of carbonyl (C=O) groups is 1. The maximum atomic E-state index is 13.0. The number of pyridine rings is 1. The number of aromatic nitrogens is 2. The molecule has 1 aromatic carbocycles. The predicted octanol–water partition coefficient (Wildman–Crippen LogP) is 3.01. The summed E-state index contributed by atoms with van der Waals surface area (Å²) in [6, 6.07) is 11.8. The van der Waals surface area contributed by atoms with E-state index < -0.39 is 0 Å². The first kappa shape index (κ1) is 17.4. The Hall–Kier alpha value is -2.70. The maximum Gasteiger partial charge on any atom is 0.256 e. The molecule has 1 amide bonds. The molecule has 2 aromatic heterocycles. The number of rotatable bonds is 5. The second kappa shape index (κ2) is 7.04. The third-order valence-electron chi connectivity index (χ3n) is 5.96. The molecule has 1 N–H and O–H groups in total. The van der Waals surface area contributed by atoms with E-state index in [4.69, 9.17) is 9.47 Å². The van der Waals surface area contributed by atoms with Crippen LogP contribution in [0.1, 0.15) is 22.3 Å². The van der Waals surface area contributed by atoms with Crippen molar-refractivity contribution >= 4 is 16.8 Å². The molecule has 0 saturated carbocycles. The molecule has 28 heavy (non-hydrogen) atoms. The molecule has 5 rings (SSSR count). The van der Waals surface area contributed by atoms with Crippen molar-refractivity contribution in [1.82, 2.24) is 14.9 Å². The fraction of sp³-hybridized carbons (Fsp3) is 0.364. The third-order valence-corrected chi connectivity index (χ3v) is 5.96. The SMILES string of the molecule is O=C(c1c[nH]c2ccccc12)N1CC2(C1)OCC[C@H]2COCc1ccncc1. The summed E-state index contributed by atoms with van der Waals surface area (Å²) in [5.41, 5.74) is 2.59. The summed E-state index contributed by atoms with van der Waals surface area (Å²) < 4.78 is 12.0. The lowest BCUT2D eigenvalue weighted by molar-refractivity contribution is -0.128. The van der Waals surface area contributed by atoms with Crippen LogP contribution in [-0.2, 0) is 16.1 Å². The van der Waals surface area contributed by atoms with Crippen molar-refractivity contribution < 1.29 is 14.3 Å². The van der Waals surface area contributed by atoms with E-state index in [1.807, 2.05) is 47.5 Å². The Balaban J connectivity index is 1.21. The topological polar surface area (TPSA) is 67.5 Å². The fourth-order valence-corrected chi connectivity index (χ4v) is 4.33. The van der Waals surface area contributed by atoms with E-state index in [0.717, 1.165) is 35.1 Å². The lowest BCUT2D eigenvalue weighted by atomic mass is 9.81. The van der Waals surface area contributed by atoms with Gasteiger partial charge in [0.1, 0.15) is 5.60 Å². The molecular formula is C22H23N3O3. The zero-order chi connectivity index (χ0) is 19.0. The number of para-hydroxylation sites is 1. The molecule has 0 bridgehead atoms. The normalized spacial score (nSPS) is 20.6. The van der Waals surface area contributed by atoms with Crippen molar-refractivity contribution in [2.24, 2.45) is 5.92 Å². The molecule has 1 spiro atoms. The lowest BCUT2D eigenvalue weighted by Gasteiger charge is -2.50. The van der Waals surface area contributed by atoms with E-state index in [9.17, 15) is 4.79 Å². The molecule has 6 nitrogen and oxygen atoms in total. The summed E-state index contributed by atoms with van der Waals surface area (Å²) in [6.07, 6.45) is 6.34. The molecule has 2 fully saturated rings. The van der Waals surface area contributed by atoms with E-state index in [-0.39, 0.29) is 11.5 Å². The van der Waals surface area contributed by atoms with Crippen LogP contribution in [0, 0.1) is 5.92 Å². The minimum Gasteiger partial charge on any atom is -0.376 e. The highest BCUT2D eigenvalue weighted by atomic mass is 16.5. The van der Waals surface area contributed by atoms with E-state index in [1.165, 1.54) is 0 Å². The Kier molecular flexibility index (Phi) is 4.37. The number of nitrogens with one attached hydrogen (secondary N) is 1. The number of aromatic amines is 1. The highest BCUT2D eigenvalue weighted by Gasteiger charge is 2.54. The highest BCUT2D eigenvalue weighted by molar-refractivity contribution is 6.07. The van der Waals surface area contributed by atoms with Crippen molar-refractivity contribution in [2.75, 3.05) is 26.3 Å². The molecule has 2 aliphatic heterocycles. The van der Waals surface area contributed by atoms with Crippen molar-refractivity contribution in [3.8, 4) is 0 Å². The van der Waals surface area contributed by atoms with Gasteiger partial charge in [-0.3, -0.25) is 9.78 Å². The quantitative estimate of drug-likeness (QED) is 0.742. The number of nitrogens with zero attached hydrogens (tertiary/aromatic N) is 2. The van der Waals surface area contributed by atoms with Crippen molar-refractivity contribution in [1.29, 1.82) is 0 Å². The Morgan fingerprint density at radius 1 is 1.25 bits per heavy atom. The number of hydrogen-bond acceptors (Lipinski definition) is 4. The summed E-state index contributed by atoms with van der Waals surface area (Å²) in [5, 5.41) is 0.970. The molecule has 0 radical (unpaired) electrons. The first-order valence-electron chi connectivity index (χ1n) is 9.71. The number of ether oxygens (including phenoxy) is 2. The van der Waals surface area contributed by atoms with Crippen LogP contribution >= 0.6 is 0 Å². The predicted molar refractivity (Wildman–Crippen MR) is 105 cm³/mol. The second-order valence-electron chi connectivity index (χ2n) is 7.68. The van der Waals surface area contributed by atoms with Gasteiger partial charge in [-0.05, 0) is 30.2 Å². The van der Waals surface area contributed by atoms with Gasteiger partial charge in [0.15, 0.2) is 0 Å². The number of hydrogen-bond donors (Lipinski definition) is 1. The summed E-state index contributed by atoms with van der Waals surface area (Å²) >= 11 is 0. The molecule has 0 unspecified atom stereocenters. The Bertz CT molecular complexity index is 979. The first-order chi connectivity index (χ1) is 13.8. The third kappa shape index (κ3) is 2.99. The molecule has 6 heteroatoms. The summed E-state index contributed by atoms with van der Waals surface area (Å²) in [7, 11) is 0. The minimum absolute atomic E-state index is 0.0648. The number of likely N-dealkylation sites (tertiary alicyclic amines) is 1. The van der Waals surface area contributed by atoms with Crippen LogP contribution in [0.2, 0.25) is 0 Å². The summed E-state index contributed by atoms with van der Waals surface area (Å²) in [6.45, 7) is 3.23. The molecule has 2 aliphatic rings. The van der Waals surface area contributed by atoms with Crippen molar-refractivity contribution in [3.63, 3.8) is 0 Å². The number of benzene rings is 1. The van der Waals surface area contributed by atoms with Crippen LogP contribution in [-0.4, -0.2) is 52.7 Å². The van der Waals surface area contributed by atoms with Gasteiger partial charge < -0.3 is 19.4 Å². The summed E-state index contributed by atoms with van der Waals surface area (Å²) in [4.78, 5) is 22.1. The maximum absolute atomic E-state index is 13.0. The van der Waals surface area contributed by atoms with Gasteiger partial charge in [-0.2, -0.15) is 0 Å². The molecule has 144 valence electrons. The number of H-pyrrole nitrogens is 1. The molecule has 2 saturated heterocycles. The van der Waals surface area contributed by atoms with Crippen LogP contribution < -0.4 is 0 Å². The number of fused-ring (bicyclic) bond motifs is 1. The molecule has 3 aromatic rings. The first-order valence-corrected chi connectivity index (χ1v) is 9.71. The van der Waals surface area contributed by atoms with Crippen LogP contribution in [0.25, 0.3) is 10.9 Å². The molecular weight excluding hydrogens is 354 g/mol. The van der Waals surface area contributed by atoms with Gasteiger partial charge in [0.25, 0.3) is 5.91 Å². The molecule has 4 heterocycles. The van der Waals surface area contributed by atoms with Gasteiger partial charge in [0.2, 0.25) is 0 Å². The Morgan fingerprint density at radius 2 is 2.07 bits per heavy atom. The highest BCUT2D eigenvalue weighted by Crippen LogP contribution is 2.41. The van der Waals surface area contributed by atoms with Crippen molar-refractivity contribution in [2.45, 2.75) is 18.6 Å². The van der Waals surface area contributed by atoms with E-state index in [0.29, 0.717) is 32.2 Å². The largest absolute Gasteiger partial charge is 0.376 e. The summed E-state index contributed by atoms with van der Waals surface area (Å²) in [5.74, 6) is 0.386. The minimum atomic E-state index is -0.250. The van der Waals surface area contributed by atoms with Crippen molar-refractivity contribution in [3.05, 3.63) is 66.1 Å². The van der Waals surface area contributed by atoms with Gasteiger partial charge in [-0.15, -0.1) is 0 Å². The number of amides is 1. The standard InChI is InChI=1S/C22H23N3O3/c26-21(19-11-24-20-4-2-1-3-18(19)20)25-14-22(15-25)17(7-10-28-22)13-27-12-16-5-8-23-9-6-16/h1-6,8-9,11,17,24H,7,10,12-15H2/t17-/m0/s1. The molecule has 0 aliphatic carbocycles. The van der Waals surface area contributed by atoms with Crippen LogP contribution in [0.3, 0.4) is 0 Å². The van der Waals surface area contributed by atoms with E-state index >= 15 is 0 Å². The van der Waals surface area contributed by atoms with E-state index in [2.05, 4.69) is 9.97 Å². The van der Waals surface area contributed by atoms with Gasteiger partial charge >= 0.3 is 0 Å². The smallest absolute Gasteiger partial charge is 0.256 e. The zero-order valence-corrected chi connectivity index (χ0v) is 15.6. The fourth-order valence-electron chi connectivity index (χ4n) is 4.33. The van der Waals surface area contributed by atoms with Crippen LogP contribution in [0.5, 0.6) is 0 Å². The van der Waals surface area contributed by atoms with Crippen LogP contribution in [0.15, 0.2) is 55.0 Å². The van der Waals surface area contributed by atoms with Gasteiger partial charge in [-0.1, -0.05) is 18.2 Å².